The van der Waals surface area contributed by atoms with Crippen LogP contribution in [0.4, 0.5) is 13.2 Å². The molecule has 1 N–H and O–H groups in total. The summed E-state index contributed by atoms with van der Waals surface area (Å²) in [7, 11) is 0. The molecule has 0 amide bonds. The summed E-state index contributed by atoms with van der Waals surface area (Å²) in [5.41, 5.74) is 1.36. The first-order chi connectivity index (χ1) is 10.5. The molecule has 0 unspecified atom stereocenters. The van der Waals surface area contributed by atoms with Gasteiger partial charge in [0.2, 0.25) is 0 Å². The first kappa shape index (κ1) is 21.0. The second-order valence-corrected chi connectivity index (χ2v) is 5.75. The van der Waals surface area contributed by atoms with Gasteiger partial charge in [-0.1, -0.05) is 36.4 Å². The van der Waals surface area contributed by atoms with Gasteiger partial charge in [-0.25, -0.2) is 0 Å². The first-order valence-electron chi connectivity index (χ1n) is 7.48. The summed E-state index contributed by atoms with van der Waals surface area (Å²) in [4.78, 5) is 1.54. The third-order valence-electron chi connectivity index (χ3n) is 4.30. The van der Waals surface area contributed by atoms with Crippen LogP contribution in [-0.2, 0) is 0 Å². The standard InChI is InChI=1S/C17H19F3N2.2ClH/c1-12-6-7-15(14-5-3-2-4-13(12)14)16(17(18,19)20)22-10-8-21-9-11-22;;/h2-7,16,21H,8-11H2,1H3;2*1H/t16-;;/m1../s1. The molecule has 0 spiro atoms. The van der Waals surface area contributed by atoms with Gasteiger partial charge in [-0.3, -0.25) is 4.90 Å². The predicted molar refractivity (Wildman–Crippen MR) is 96.4 cm³/mol. The van der Waals surface area contributed by atoms with E-state index in [1.54, 1.807) is 24.3 Å². The molecule has 0 saturated carbocycles. The Labute approximate surface area is 152 Å². The molecular formula is C17H21Cl2F3N2. The fourth-order valence-corrected chi connectivity index (χ4v) is 3.23. The zero-order chi connectivity index (χ0) is 15.7. The van der Waals surface area contributed by atoms with E-state index >= 15 is 0 Å². The molecule has 1 fully saturated rings. The molecule has 24 heavy (non-hydrogen) atoms. The van der Waals surface area contributed by atoms with Gasteiger partial charge in [0.15, 0.2) is 0 Å². The molecule has 1 aliphatic rings. The number of halogens is 5. The number of nitrogens with one attached hydrogen (secondary N) is 1. The van der Waals surface area contributed by atoms with Crippen molar-refractivity contribution in [2.75, 3.05) is 26.2 Å². The van der Waals surface area contributed by atoms with E-state index in [0.29, 0.717) is 37.1 Å². The summed E-state index contributed by atoms with van der Waals surface area (Å²) in [5.74, 6) is 0. The SMILES string of the molecule is Cc1ccc([C@@H](N2CCNCC2)C(F)(F)F)c2ccccc12.Cl.Cl. The highest BCUT2D eigenvalue weighted by Gasteiger charge is 2.45. The van der Waals surface area contributed by atoms with Crippen LogP contribution in [0.1, 0.15) is 17.2 Å². The van der Waals surface area contributed by atoms with Crippen LogP contribution in [0.15, 0.2) is 36.4 Å². The summed E-state index contributed by atoms with van der Waals surface area (Å²) < 4.78 is 41.3. The lowest BCUT2D eigenvalue weighted by molar-refractivity contribution is -0.187. The van der Waals surface area contributed by atoms with Gasteiger partial charge in [-0.2, -0.15) is 13.2 Å². The molecule has 2 aromatic carbocycles. The topological polar surface area (TPSA) is 15.3 Å². The minimum Gasteiger partial charge on any atom is -0.314 e. The van der Waals surface area contributed by atoms with Crippen molar-refractivity contribution in [1.29, 1.82) is 0 Å². The molecule has 7 heteroatoms. The molecular weight excluding hydrogens is 360 g/mol. The molecule has 3 rings (SSSR count). The van der Waals surface area contributed by atoms with Gasteiger partial charge in [0.1, 0.15) is 6.04 Å². The highest BCUT2D eigenvalue weighted by Crippen LogP contribution is 2.41. The molecule has 2 aromatic rings. The third kappa shape index (κ3) is 4.14. The quantitative estimate of drug-likeness (QED) is 0.824. The maximum Gasteiger partial charge on any atom is 0.408 e. The molecule has 2 nitrogen and oxygen atoms in total. The van der Waals surface area contributed by atoms with Crippen molar-refractivity contribution in [3.05, 3.63) is 47.5 Å². The average molecular weight is 381 g/mol. The summed E-state index contributed by atoms with van der Waals surface area (Å²) in [6.07, 6.45) is -4.28. The smallest absolute Gasteiger partial charge is 0.314 e. The third-order valence-corrected chi connectivity index (χ3v) is 4.30. The van der Waals surface area contributed by atoms with Gasteiger partial charge >= 0.3 is 6.18 Å². The van der Waals surface area contributed by atoms with E-state index in [4.69, 9.17) is 0 Å². The Balaban J connectivity index is 0.00000144. The van der Waals surface area contributed by atoms with E-state index in [2.05, 4.69) is 5.32 Å². The molecule has 0 radical (unpaired) electrons. The fraction of sp³-hybridized carbons (Fsp3) is 0.412. The van der Waals surface area contributed by atoms with Crippen LogP contribution in [0.2, 0.25) is 0 Å². The van der Waals surface area contributed by atoms with Crippen molar-refractivity contribution >= 4 is 35.6 Å². The second-order valence-electron chi connectivity index (χ2n) is 5.75. The van der Waals surface area contributed by atoms with E-state index in [-0.39, 0.29) is 24.8 Å². The fourth-order valence-electron chi connectivity index (χ4n) is 3.23. The van der Waals surface area contributed by atoms with Crippen molar-refractivity contribution in [2.24, 2.45) is 0 Å². The molecule has 1 atom stereocenters. The zero-order valence-corrected chi connectivity index (χ0v) is 14.9. The largest absolute Gasteiger partial charge is 0.408 e. The van der Waals surface area contributed by atoms with Crippen molar-refractivity contribution in [3.8, 4) is 0 Å². The molecule has 1 saturated heterocycles. The van der Waals surface area contributed by atoms with Gasteiger partial charge < -0.3 is 5.32 Å². The van der Waals surface area contributed by atoms with E-state index in [1.807, 2.05) is 19.1 Å². The number of alkyl halides is 3. The normalized spacial score (nSPS) is 17.0. The van der Waals surface area contributed by atoms with Crippen molar-refractivity contribution in [3.63, 3.8) is 0 Å². The van der Waals surface area contributed by atoms with Gasteiger partial charge in [0, 0.05) is 26.2 Å². The van der Waals surface area contributed by atoms with E-state index in [0.717, 1.165) is 10.9 Å². The number of nitrogens with zero attached hydrogens (tertiary/aromatic N) is 1. The van der Waals surface area contributed by atoms with Crippen molar-refractivity contribution < 1.29 is 13.2 Å². The van der Waals surface area contributed by atoms with Crippen LogP contribution in [-0.4, -0.2) is 37.3 Å². The zero-order valence-electron chi connectivity index (χ0n) is 13.3. The molecule has 0 aromatic heterocycles. The van der Waals surface area contributed by atoms with Crippen LogP contribution < -0.4 is 5.32 Å². The maximum atomic E-state index is 13.8. The van der Waals surface area contributed by atoms with E-state index < -0.39 is 12.2 Å². The Kier molecular flexibility index (Phi) is 7.35. The number of hydrogen-bond donors (Lipinski definition) is 1. The Hall–Kier alpha value is -1.01. The average Bonchev–Trinajstić information content (AvgIpc) is 2.50. The number of benzene rings is 2. The highest BCUT2D eigenvalue weighted by molar-refractivity contribution is 5.89. The van der Waals surface area contributed by atoms with Crippen LogP contribution in [0.5, 0.6) is 0 Å². The monoisotopic (exact) mass is 380 g/mol. The molecule has 0 bridgehead atoms. The first-order valence-corrected chi connectivity index (χ1v) is 7.48. The molecule has 1 aliphatic heterocycles. The second kappa shape index (κ2) is 8.39. The Morgan fingerprint density at radius 3 is 2.12 bits per heavy atom. The summed E-state index contributed by atoms with van der Waals surface area (Å²) in [5, 5.41) is 4.70. The van der Waals surface area contributed by atoms with Gasteiger partial charge in [0.05, 0.1) is 0 Å². The summed E-state index contributed by atoms with van der Waals surface area (Å²) in [6.45, 7) is 3.94. The van der Waals surface area contributed by atoms with Crippen LogP contribution in [0, 0.1) is 6.92 Å². The van der Waals surface area contributed by atoms with Crippen molar-refractivity contribution in [1.82, 2.24) is 10.2 Å². The minimum atomic E-state index is -4.28. The molecule has 134 valence electrons. The van der Waals surface area contributed by atoms with Crippen LogP contribution >= 0.6 is 24.8 Å². The number of aryl methyl sites for hydroxylation is 1. The number of rotatable bonds is 2. The van der Waals surface area contributed by atoms with Gasteiger partial charge in [0.25, 0.3) is 0 Å². The van der Waals surface area contributed by atoms with E-state index in [1.165, 1.54) is 4.90 Å². The Morgan fingerprint density at radius 1 is 0.958 bits per heavy atom. The maximum absolute atomic E-state index is 13.8. The number of fused-ring (bicyclic) bond motifs is 1. The van der Waals surface area contributed by atoms with Crippen LogP contribution in [0.3, 0.4) is 0 Å². The summed E-state index contributed by atoms with van der Waals surface area (Å²) in [6, 6.07) is 9.23. The van der Waals surface area contributed by atoms with Gasteiger partial charge in [-0.15, -0.1) is 24.8 Å². The summed E-state index contributed by atoms with van der Waals surface area (Å²) >= 11 is 0. The van der Waals surface area contributed by atoms with Crippen molar-refractivity contribution in [2.45, 2.75) is 19.1 Å². The number of piperazine rings is 1. The highest BCUT2D eigenvalue weighted by atomic mass is 35.5. The lowest BCUT2D eigenvalue weighted by Gasteiger charge is -2.36. The lowest BCUT2D eigenvalue weighted by Crippen LogP contribution is -2.49. The van der Waals surface area contributed by atoms with Gasteiger partial charge in [-0.05, 0) is 28.8 Å². The number of hydrogen-bond acceptors (Lipinski definition) is 2. The Bertz CT molecular complexity index is 670. The predicted octanol–water partition coefficient (Wildman–Crippen LogP) is 4.50. The minimum absolute atomic E-state index is 0. The van der Waals surface area contributed by atoms with Crippen LogP contribution in [0.25, 0.3) is 10.8 Å². The lowest BCUT2D eigenvalue weighted by atomic mass is 9.94. The Morgan fingerprint density at radius 2 is 1.54 bits per heavy atom. The molecule has 0 aliphatic carbocycles. The van der Waals surface area contributed by atoms with E-state index in [9.17, 15) is 13.2 Å². The molecule has 1 heterocycles.